The number of H-pyrrole nitrogens is 1. The van der Waals surface area contributed by atoms with Gasteiger partial charge < -0.3 is 10.1 Å². The van der Waals surface area contributed by atoms with Crippen molar-refractivity contribution in [2.45, 2.75) is 12.8 Å². The Kier molecular flexibility index (Phi) is 4.37. The van der Waals surface area contributed by atoms with Crippen LogP contribution in [0.15, 0.2) is 12.7 Å². The molecule has 0 fully saturated rings. The number of nitrogens with one attached hydrogen (secondary N) is 2. The summed E-state index contributed by atoms with van der Waals surface area (Å²) in [7, 11) is 1.32. The van der Waals surface area contributed by atoms with E-state index < -0.39 is 4.92 Å². The molecule has 2 rings (SSSR count). The number of methoxy groups -OCH3 is 1. The summed E-state index contributed by atoms with van der Waals surface area (Å²) in [5, 5.41) is 20.4. The fraction of sp³-hybridized carbons (Fsp3) is 0.400. The van der Waals surface area contributed by atoms with Crippen LogP contribution in [0.25, 0.3) is 0 Å². The molecule has 0 radical (unpaired) electrons. The van der Waals surface area contributed by atoms with E-state index in [9.17, 15) is 10.1 Å². The van der Waals surface area contributed by atoms with Crippen molar-refractivity contribution >= 4 is 11.5 Å². The molecule has 2 aromatic rings. The monoisotopic (exact) mass is 279 g/mol. The fourth-order valence-electron chi connectivity index (χ4n) is 1.62. The molecule has 2 aromatic heterocycles. The van der Waals surface area contributed by atoms with Crippen molar-refractivity contribution in [2.75, 3.05) is 19.0 Å². The van der Waals surface area contributed by atoms with Crippen LogP contribution in [0, 0.1) is 10.1 Å². The quantitative estimate of drug-likeness (QED) is 0.426. The van der Waals surface area contributed by atoms with Gasteiger partial charge in [0.05, 0.1) is 12.0 Å². The molecule has 0 aromatic carbocycles. The predicted octanol–water partition coefficient (Wildman–Crippen LogP) is 0.556. The summed E-state index contributed by atoms with van der Waals surface area (Å²) >= 11 is 0. The summed E-state index contributed by atoms with van der Waals surface area (Å²) in [5.41, 5.74) is -0.269. The molecule has 0 aliphatic carbocycles. The first-order valence-electron chi connectivity index (χ1n) is 5.84. The van der Waals surface area contributed by atoms with E-state index in [1.807, 2.05) is 0 Å². The maximum Gasteiger partial charge on any atom is 0.372 e. The molecule has 106 valence electrons. The third-order valence-electron chi connectivity index (χ3n) is 2.51. The second-order valence-corrected chi connectivity index (χ2v) is 3.80. The van der Waals surface area contributed by atoms with Gasteiger partial charge in [-0.2, -0.15) is 10.1 Å². The summed E-state index contributed by atoms with van der Waals surface area (Å²) in [6, 6.07) is 0. The van der Waals surface area contributed by atoms with Gasteiger partial charge in [0.25, 0.3) is 5.88 Å². The summed E-state index contributed by atoms with van der Waals surface area (Å²) in [4.78, 5) is 22.0. The number of hydrogen-bond acceptors (Lipinski definition) is 8. The van der Waals surface area contributed by atoms with Gasteiger partial charge in [-0.1, -0.05) is 0 Å². The highest BCUT2D eigenvalue weighted by atomic mass is 16.6. The molecule has 10 nitrogen and oxygen atoms in total. The van der Waals surface area contributed by atoms with E-state index >= 15 is 0 Å². The van der Waals surface area contributed by atoms with Gasteiger partial charge in [0.2, 0.25) is 5.82 Å². The zero-order valence-corrected chi connectivity index (χ0v) is 10.7. The normalized spacial score (nSPS) is 10.2. The van der Waals surface area contributed by atoms with Gasteiger partial charge in [-0.3, -0.25) is 15.2 Å². The van der Waals surface area contributed by atoms with Crippen molar-refractivity contribution in [3.8, 4) is 5.88 Å². The van der Waals surface area contributed by atoms with Crippen molar-refractivity contribution in [1.82, 2.24) is 25.1 Å². The third kappa shape index (κ3) is 3.16. The number of rotatable bonds is 7. The largest absolute Gasteiger partial charge is 0.476 e. The lowest BCUT2D eigenvalue weighted by Crippen LogP contribution is -2.09. The Morgan fingerprint density at radius 1 is 1.40 bits per heavy atom. The molecule has 20 heavy (non-hydrogen) atoms. The molecule has 0 unspecified atom stereocenters. The average molecular weight is 279 g/mol. The SMILES string of the molecule is COc1ncnc(NCCCc2ncn[nH]2)c1[N+](=O)[O-]. The molecule has 2 N–H and O–H groups in total. The van der Waals surface area contributed by atoms with Crippen molar-refractivity contribution in [1.29, 1.82) is 0 Å². The van der Waals surface area contributed by atoms with Crippen LogP contribution < -0.4 is 10.1 Å². The zero-order valence-electron chi connectivity index (χ0n) is 10.7. The highest BCUT2D eigenvalue weighted by molar-refractivity contribution is 5.60. The number of nitrogens with zero attached hydrogens (tertiary/aromatic N) is 5. The van der Waals surface area contributed by atoms with Crippen LogP contribution in [0.4, 0.5) is 11.5 Å². The Morgan fingerprint density at radius 2 is 2.25 bits per heavy atom. The van der Waals surface area contributed by atoms with E-state index in [1.165, 1.54) is 19.8 Å². The Morgan fingerprint density at radius 3 is 2.90 bits per heavy atom. The molecule has 0 spiro atoms. The molecule has 0 amide bonds. The van der Waals surface area contributed by atoms with Crippen LogP contribution in [0.3, 0.4) is 0 Å². The number of hydrogen-bond donors (Lipinski definition) is 2. The smallest absolute Gasteiger partial charge is 0.372 e. The minimum absolute atomic E-state index is 0.0669. The minimum atomic E-state index is -0.572. The van der Waals surface area contributed by atoms with Gasteiger partial charge in [0.15, 0.2) is 0 Å². The maximum atomic E-state index is 11.0. The molecule has 10 heteroatoms. The van der Waals surface area contributed by atoms with Gasteiger partial charge in [-0.05, 0) is 6.42 Å². The van der Waals surface area contributed by atoms with E-state index in [0.717, 1.165) is 12.2 Å². The van der Waals surface area contributed by atoms with Crippen LogP contribution in [-0.2, 0) is 6.42 Å². The second-order valence-electron chi connectivity index (χ2n) is 3.80. The second kappa shape index (κ2) is 6.41. The number of aromatic amines is 1. The van der Waals surface area contributed by atoms with Crippen LogP contribution in [0.1, 0.15) is 12.2 Å². The molecule has 0 aliphatic heterocycles. The van der Waals surface area contributed by atoms with Crippen molar-refractivity contribution < 1.29 is 9.66 Å². The highest BCUT2D eigenvalue weighted by Crippen LogP contribution is 2.30. The van der Waals surface area contributed by atoms with Crippen LogP contribution in [0.5, 0.6) is 5.88 Å². The molecule has 0 saturated carbocycles. The number of aromatic nitrogens is 5. The lowest BCUT2D eigenvalue weighted by atomic mass is 10.3. The Labute approximate surface area is 113 Å². The van der Waals surface area contributed by atoms with Gasteiger partial charge in [0.1, 0.15) is 18.5 Å². The summed E-state index contributed by atoms with van der Waals surface area (Å²) in [6.07, 6.45) is 4.05. The molecule has 0 aliphatic rings. The lowest BCUT2D eigenvalue weighted by molar-refractivity contribution is -0.385. The first-order chi connectivity index (χ1) is 9.72. The summed E-state index contributed by atoms with van der Waals surface area (Å²) < 4.78 is 4.86. The Bertz CT molecular complexity index is 572. The van der Waals surface area contributed by atoms with E-state index in [1.54, 1.807) is 0 Å². The van der Waals surface area contributed by atoms with Gasteiger partial charge in [-0.15, -0.1) is 0 Å². The lowest BCUT2D eigenvalue weighted by Gasteiger charge is -2.07. The minimum Gasteiger partial charge on any atom is -0.476 e. The number of nitro groups is 1. The van der Waals surface area contributed by atoms with Crippen molar-refractivity contribution in [3.63, 3.8) is 0 Å². The van der Waals surface area contributed by atoms with E-state index in [4.69, 9.17) is 4.74 Å². The topological polar surface area (TPSA) is 132 Å². The number of aryl methyl sites for hydroxylation is 1. The predicted molar refractivity (Wildman–Crippen MR) is 68.4 cm³/mol. The first kappa shape index (κ1) is 13.6. The Hall–Kier alpha value is -2.78. The van der Waals surface area contributed by atoms with Crippen LogP contribution in [-0.4, -0.2) is 43.7 Å². The number of ether oxygens (including phenoxy) is 1. The summed E-state index contributed by atoms with van der Waals surface area (Å²) in [5.74, 6) is 0.837. The molecule has 0 saturated heterocycles. The average Bonchev–Trinajstić information content (AvgIpc) is 2.96. The maximum absolute atomic E-state index is 11.0. The number of anilines is 1. The van der Waals surface area contributed by atoms with Crippen LogP contribution in [0.2, 0.25) is 0 Å². The molecular weight excluding hydrogens is 266 g/mol. The molecule has 0 bridgehead atoms. The van der Waals surface area contributed by atoms with E-state index in [2.05, 4.69) is 30.5 Å². The van der Waals surface area contributed by atoms with E-state index in [-0.39, 0.29) is 17.4 Å². The van der Waals surface area contributed by atoms with Gasteiger partial charge in [0, 0.05) is 13.0 Å². The van der Waals surface area contributed by atoms with Crippen LogP contribution >= 0.6 is 0 Å². The Balaban J connectivity index is 1.96. The third-order valence-corrected chi connectivity index (χ3v) is 2.51. The zero-order chi connectivity index (χ0) is 14.4. The van der Waals surface area contributed by atoms with Gasteiger partial charge >= 0.3 is 5.69 Å². The summed E-state index contributed by atoms with van der Waals surface area (Å²) in [6.45, 7) is 0.502. The molecule has 0 atom stereocenters. The first-order valence-corrected chi connectivity index (χ1v) is 5.84. The van der Waals surface area contributed by atoms with E-state index in [0.29, 0.717) is 13.0 Å². The molecular formula is C10H13N7O3. The standard InChI is InChI=1S/C10H13N7O3/c1-20-10-8(17(18)19)9(13-5-14-10)11-4-2-3-7-12-6-15-16-7/h5-6H,2-4H2,1H3,(H,11,13,14)(H,12,15,16). The fourth-order valence-corrected chi connectivity index (χ4v) is 1.62. The van der Waals surface area contributed by atoms with Crippen molar-refractivity contribution in [2.24, 2.45) is 0 Å². The molecule has 2 heterocycles. The highest BCUT2D eigenvalue weighted by Gasteiger charge is 2.23. The van der Waals surface area contributed by atoms with Crippen molar-refractivity contribution in [3.05, 3.63) is 28.6 Å². The van der Waals surface area contributed by atoms with Gasteiger partial charge in [-0.25, -0.2) is 9.97 Å².